The van der Waals surface area contributed by atoms with Crippen molar-refractivity contribution < 1.29 is 23.6 Å². The summed E-state index contributed by atoms with van der Waals surface area (Å²) in [7, 11) is 1.23. The molecule has 2 aliphatic heterocycles. The van der Waals surface area contributed by atoms with Gasteiger partial charge in [0.25, 0.3) is 0 Å². The van der Waals surface area contributed by atoms with Gasteiger partial charge in [0.2, 0.25) is 0 Å². The molecule has 0 aliphatic carbocycles. The molecule has 166 valence electrons. The Bertz CT molecular complexity index is 762. The van der Waals surface area contributed by atoms with Crippen LogP contribution in [0.5, 0.6) is 5.75 Å². The summed E-state index contributed by atoms with van der Waals surface area (Å²) in [6.07, 6.45) is 1.57. The Morgan fingerprint density at radius 2 is 1.67 bits per heavy atom. The summed E-state index contributed by atoms with van der Waals surface area (Å²) in [5, 5.41) is 0. The minimum Gasteiger partial charge on any atom is -0.497 e. The Kier molecular flexibility index (Phi) is 6.18. The van der Waals surface area contributed by atoms with E-state index >= 15 is 0 Å². The van der Waals surface area contributed by atoms with E-state index in [4.69, 9.17) is 18.8 Å². The molecule has 2 aliphatic rings. The summed E-state index contributed by atoms with van der Waals surface area (Å²) >= 11 is 0. The van der Waals surface area contributed by atoms with Crippen LogP contribution in [0.3, 0.4) is 0 Å². The molecule has 0 unspecified atom stereocenters. The highest BCUT2D eigenvalue weighted by molar-refractivity contribution is 6.63. The lowest BCUT2D eigenvalue weighted by molar-refractivity contribution is 0.00578. The Morgan fingerprint density at radius 1 is 1.10 bits per heavy atom. The Labute approximate surface area is 181 Å². The molecular weight excluding hydrogens is 381 g/mol. The SMILES string of the molecule is COc1cc(C2CCN(C(=O)OC(C)(C)C)CC2)ccc1B1OC(C)(C)C(C)(C)O1. The lowest BCUT2D eigenvalue weighted by Gasteiger charge is -2.33. The highest BCUT2D eigenvalue weighted by Gasteiger charge is 2.52. The van der Waals surface area contributed by atoms with Crippen molar-refractivity contribution in [2.45, 2.75) is 84.0 Å². The number of rotatable bonds is 3. The minimum atomic E-state index is -0.468. The number of hydrogen-bond donors (Lipinski definition) is 0. The fraction of sp³-hybridized carbons (Fsp3) is 0.696. The maximum atomic E-state index is 12.3. The van der Waals surface area contributed by atoms with Crippen molar-refractivity contribution >= 4 is 18.7 Å². The lowest BCUT2D eigenvalue weighted by Crippen LogP contribution is -2.41. The molecule has 0 aromatic heterocycles. The molecule has 0 spiro atoms. The molecule has 0 saturated carbocycles. The fourth-order valence-electron chi connectivity index (χ4n) is 3.87. The zero-order valence-corrected chi connectivity index (χ0v) is 19.7. The molecule has 6 nitrogen and oxygen atoms in total. The molecule has 30 heavy (non-hydrogen) atoms. The Morgan fingerprint density at radius 3 is 2.17 bits per heavy atom. The molecule has 2 saturated heterocycles. The zero-order chi connectivity index (χ0) is 22.3. The van der Waals surface area contributed by atoms with Crippen LogP contribution in [-0.2, 0) is 14.0 Å². The molecule has 0 bridgehead atoms. The number of amides is 1. The van der Waals surface area contributed by atoms with Gasteiger partial charge in [-0.2, -0.15) is 0 Å². The monoisotopic (exact) mass is 417 g/mol. The van der Waals surface area contributed by atoms with Crippen LogP contribution in [0.25, 0.3) is 0 Å². The Hall–Kier alpha value is -1.73. The largest absolute Gasteiger partial charge is 0.498 e. The van der Waals surface area contributed by atoms with Gasteiger partial charge in [0.05, 0.1) is 18.3 Å². The second-order valence-electron chi connectivity index (χ2n) is 10.3. The van der Waals surface area contributed by atoms with E-state index in [1.54, 1.807) is 12.0 Å². The van der Waals surface area contributed by atoms with Gasteiger partial charge in [-0.1, -0.05) is 12.1 Å². The normalized spacial score (nSPS) is 21.6. The third-order valence-electron chi connectivity index (χ3n) is 6.38. The first-order chi connectivity index (χ1) is 13.8. The van der Waals surface area contributed by atoms with Crippen molar-refractivity contribution in [3.05, 3.63) is 23.8 Å². The van der Waals surface area contributed by atoms with Gasteiger partial charge in [-0.25, -0.2) is 4.79 Å². The van der Waals surface area contributed by atoms with Gasteiger partial charge in [-0.05, 0) is 78.9 Å². The topological polar surface area (TPSA) is 57.2 Å². The van der Waals surface area contributed by atoms with Crippen molar-refractivity contribution in [1.82, 2.24) is 4.90 Å². The van der Waals surface area contributed by atoms with Crippen LogP contribution in [0, 0.1) is 0 Å². The van der Waals surface area contributed by atoms with Crippen LogP contribution in [0.4, 0.5) is 4.79 Å². The van der Waals surface area contributed by atoms with Gasteiger partial charge >= 0.3 is 13.2 Å². The van der Waals surface area contributed by atoms with Crippen LogP contribution in [0.1, 0.15) is 72.8 Å². The number of benzene rings is 1. The van der Waals surface area contributed by atoms with E-state index < -0.39 is 23.9 Å². The van der Waals surface area contributed by atoms with Crippen molar-refractivity contribution in [3.8, 4) is 5.75 Å². The summed E-state index contributed by atoms with van der Waals surface area (Å²) in [5.41, 5.74) is 0.873. The number of hydrogen-bond acceptors (Lipinski definition) is 5. The predicted octanol–water partition coefficient (Wildman–Crippen LogP) is 4.11. The molecule has 3 rings (SSSR count). The third-order valence-corrected chi connectivity index (χ3v) is 6.38. The maximum absolute atomic E-state index is 12.3. The molecule has 1 amide bonds. The van der Waals surface area contributed by atoms with Crippen LogP contribution in [0.15, 0.2) is 18.2 Å². The van der Waals surface area contributed by atoms with Crippen molar-refractivity contribution in [2.75, 3.05) is 20.2 Å². The smallest absolute Gasteiger partial charge is 0.497 e. The molecule has 1 aromatic carbocycles. The number of carbonyl (C=O) groups is 1. The predicted molar refractivity (Wildman–Crippen MR) is 118 cm³/mol. The lowest BCUT2D eigenvalue weighted by atomic mass is 9.76. The molecule has 1 aromatic rings. The number of piperidine rings is 1. The molecule has 0 atom stereocenters. The summed E-state index contributed by atoms with van der Waals surface area (Å²) < 4.78 is 23.6. The van der Waals surface area contributed by atoms with Gasteiger partial charge in [-0.3, -0.25) is 0 Å². The molecular formula is C23H36BNO5. The highest BCUT2D eigenvalue weighted by Crippen LogP contribution is 2.38. The molecule has 2 heterocycles. The van der Waals surface area contributed by atoms with Gasteiger partial charge in [0.1, 0.15) is 11.4 Å². The van der Waals surface area contributed by atoms with Crippen LogP contribution >= 0.6 is 0 Å². The van der Waals surface area contributed by atoms with Crippen molar-refractivity contribution in [3.63, 3.8) is 0 Å². The fourth-order valence-corrected chi connectivity index (χ4v) is 3.87. The van der Waals surface area contributed by atoms with Crippen LogP contribution in [-0.4, -0.2) is 55.1 Å². The summed E-state index contributed by atoms with van der Waals surface area (Å²) in [4.78, 5) is 14.1. The third kappa shape index (κ3) is 4.78. The summed E-state index contributed by atoms with van der Waals surface area (Å²) in [5.74, 6) is 1.16. The van der Waals surface area contributed by atoms with Crippen molar-refractivity contribution in [2.24, 2.45) is 0 Å². The van der Waals surface area contributed by atoms with E-state index in [0.29, 0.717) is 19.0 Å². The number of ether oxygens (including phenoxy) is 2. The minimum absolute atomic E-state index is 0.227. The van der Waals surface area contributed by atoms with E-state index in [0.717, 1.165) is 24.1 Å². The highest BCUT2D eigenvalue weighted by atomic mass is 16.7. The number of nitrogens with zero attached hydrogens (tertiary/aromatic N) is 1. The van der Waals surface area contributed by atoms with Gasteiger partial charge in [0.15, 0.2) is 0 Å². The van der Waals surface area contributed by atoms with E-state index in [1.165, 1.54) is 5.56 Å². The van der Waals surface area contributed by atoms with Gasteiger partial charge in [-0.15, -0.1) is 0 Å². The van der Waals surface area contributed by atoms with Crippen LogP contribution < -0.4 is 10.2 Å². The van der Waals surface area contributed by atoms with Gasteiger partial charge in [0, 0.05) is 18.6 Å². The second-order valence-corrected chi connectivity index (χ2v) is 10.3. The first-order valence-electron chi connectivity index (χ1n) is 10.8. The first-order valence-corrected chi connectivity index (χ1v) is 10.8. The first kappa shape index (κ1) is 22.9. The average Bonchev–Trinajstić information content (AvgIpc) is 2.87. The van der Waals surface area contributed by atoms with E-state index in [9.17, 15) is 4.79 Å². The zero-order valence-electron chi connectivity index (χ0n) is 19.7. The van der Waals surface area contributed by atoms with E-state index in [1.807, 2.05) is 48.5 Å². The number of likely N-dealkylation sites (tertiary alicyclic amines) is 1. The van der Waals surface area contributed by atoms with Crippen LogP contribution in [0.2, 0.25) is 0 Å². The molecule has 0 N–H and O–H groups in total. The molecule has 0 radical (unpaired) electrons. The van der Waals surface area contributed by atoms with E-state index in [2.05, 4.69) is 18.2 Å². The van der Waals surface area contributed by atoms with E-state index in [-0.39, 0.29) is 6.09 Å². The standard InChI is InChI=1S/C23H36BNO5/c1-21(2,3)28-20(26)25-13-11-16(12-14-25)17-9-10-18(19(15-17)27-8)24-29-22(4,5)23(6,7)30-24/h9-10,15-16H,11-14H2,1-8H3. The number of methoxy groups -OCH3 is 1. The summed E-state index contributed by atoms with van der Waals surface area (Å²) in [6.45, 7) is 15.3. The molecule has 7 heteroatoms. The maximum Gasteiger partial charge on any atom is 0.498 e. The van der Waals surface area contributed by atoms with Crippen molar-refractivity contribution in [1.29, 1.82) is 0 Å². The second kappa shape index (κ2) is 8.08. The quantitative estimate of drug-likeness (QED) is 0.693. The average molecular weight is 417 g/mol. The Balaban J connectivity index is 1.69. The molecule has 2 fully saturated rings. The van der Waals surface area contributed by atoms with Gasteiger partial charge < -0.3 is 23.7 Å². The summed E-state index contributed by atoms with van der Waals surface area (Å²) in [6, 6.07) is 6.28. The number of carbonyl (C=O) groups excluding carboxylic acids is 1.